The molecular formula is C19H18BrN3O. The fourth-order valence-electron chi connectivity index (χ4n) is 2.56. The van der Waals surface area contributed by atoms with Crippen LogP contribution in [-0.4, -0.2) is 15.7 Å². The Balaban J connectivity index is 1.69. The predicted octanol–water partition coefficient (Wildman–Crippen LogP) is 4.56. The summed E-state index contributed by atoms with van der Waals surface area (Å²) in [6.07, 6.45) is 3.50. The van der Waals surface area contributed by atoms with Crippen LogP contribution >= 0.6 is 15.9 Å². The van der Waals surface area contributed by atoms with E-state index in [9.17, 15) is 4.79 Å². The van der Waals surface area contributed by atoms with E-state index in [1.807, 2.05) is 62.5 Å². The number of rotatable bonds is 4. The molecule has 0 aliphatic carbocycles. The molecule has 1 N–H and O–H groups in total. The lowest BCUT2D eigenvalue weighted by Gasteiger charge is -2.06. The van der Waals surface area contributed by atoms with Gasteiger partial charge in [0, 0.05) is 16.2 Å². The number of aryl methyl sites for hydroxylation is 2. The standard InChI is InChI=1S/C19H18BrN3O/c1-13-3-8-18(14(2)9-13)19(24)22-17-10-21-23(12-17)11-15-4-6-16(20)7-5-15/h3-10,12H,11H2,1-2H3,(H,22,24). The van der Waals surface area contributed by atoms with Crippen molar-refractivity contribution in [3.05, 3.63) is 81.6 Å². The maximum absolute atomic E-state index is 12.4. The van der Waals surface area contributed by atoms with E-state index in [1.54, 1.807) is 10.9 Å². The summed E-state index contributed by atoms with van der Waals surface area (Å²) in [7, 11) is 0. The fourth-order valence-corrected chi connectivity index (χ4v) is 2.82. The highest BCUT2D eigenvalue weighted by Gasteiger charge is 2.10. The summed E-state index contributed by atoms with van der Waals surface area (Å²) in [5, 5.41) is 7.21. The fraction of sp³-hybridized carbons (Fsp3) is 0.158. The van der Waals surface area contributed by atoms with Crippen LogP contribution in [0.15, 0.2) is 59.3 Å². The van der Waals surface area contributed by atoms with Gasteiger partial charge in [-0.1, -0.05) is 45.8 Å². The molecule has 1 heterocycles. The molecule has 0 saturated heterocycles. The van der Waals surface area contributed by atoms with Crippen molar-refractivity contribution in [3.63, 3.8) is 0 Å². The lowest BCUT2D eigenvalue weighted by molar-refractivity contribution is 0.102. The topological polar surface area (TPSA) is 46.9 Å². The molecule has 0 saturated carbocycles. The molecule has 122 valence electrons. The maximum atomic E-state index is 12.4. The molecule has 0 aliphatic rings. The third-order valence-electron chi connectivity index (χ3n) is 3.78. The summed E-state index contributed by atoms with van der Waals surface area (Å²) >= 11 is 3.42. The molecule has 0 unspecified atom stereocenters. The van der Waals surface area contributed by atoms with Crippen molar-refractivity contribution >= 4 is 27.5 Å². The molecule has 24 heavy (non-hydrogen) atoms. The van der Waals surface area contributed by atoms with Gasteiger partial charge in [-0.05, 0) is 43.2 Å². The van der Waals surface area contributed by atoms with Gasteiger partial charge >= 0.3 is 0 Å². The van der Waals surface area contributed by atoms with E-state index in [-0.39, 0.29) is 5.91 Å². The Morgan fingerprint density at radius 1 is 1.17 bits per heavy atom. The van der Waals surface area contributed by atoms with Gasteiger partial charge < -0.3 is 5.32 Å². The average molecular weight is 384 g/mol. The molecule has 5 heteroatoms. The van der Waals surface area contributed by atoms with Crippen LogP contribution in [-0.2, 0) is 6.54 Å². The van der Waals surface area contributed by atoms with Crippen LogP contribution in [0, 0.1) is 13.8 Å². The second-order valence-electron chi connectivity index (χ2n) is 5.83. The number of amides is 1. The number of benzene rings is 2. The number of nitrogens with one attached hydrogen (secondary N) is 1. The molecule has 3 aromatic rings. The SMILES string of the molecule is Cc1ccc(C(=O)Nc2cnn(Cc3ccc(Br)cc3)c2)c(C)c1. The van der Waals surface area contributed by atoms with Crippen LogP contribution < -0.4 is 5.32 Å². The predicted molar refractivity (Wildman–Crippen MR) is 99.3 cm³/mol. The number of halogens is 1. The molecule has 0 bridgehead atoms. The van der Waals surface area contributed by atoms with Crippen molar-refractivity contribution in [2.75, 3.05) is 5.32 Å². The van der Waals surface area contributed by atoms with E-state index in [1.165, 1.54) is 0 Å². The second kappa shape index (κ2) is 7.01. The van der Waals surface area contributed by atoms with Crippen molar-refractivity contribution in [2.24, 2.45) is 0 Å². The van der Waals surface area contributed by atoms with Crippen LogP contribution in [0.5, 0.6) is 0 Å². The average Bonchev–Trinajstić information content (AvgIpc) is 2.96. The molecule has 0 fully saturated rings. The molecule has 3 rings (SSSR count). The van der Waals surface area contributed by atoms with Gasteiger partial charge in [-0.2, -0.15) is 5.10 Å². The number of aromatic nitrogens is 2. The molecule has 0 aliphatic heterocycles. The molecule has 1 amide bonds. The van der Waals surface area contributed by atoms with E-state index in [2.05, 4.69) is 26.3 Å². The smallest absolute Gasteiger partial charge is 0.256 e. The van der Waals surface area contributed by atoms with Crippen LogP contribution in [0.2, 0.25) is 0 Å². The Morgan fingerprint density at radius 3 is 2.62 bits per heavy atom. The van der Waals surface area contributed by atoms with E-state index in [0.717, 1.165) is 21.2 Å². The number of hydrogen-bond acceptors (Lipinski definition) is 2. The lowest BCUT2D eigenvalue weighted by Crippen LogP contribution is -2.13. The van der Waals surface area contributed by atoms with Gasteiger partial charge in [0.1, 0.15) is 0 Å². The Bertz CT molecular complexity index is 869. The zero-order valence-corrected chi connectivity index (χ0v) is 15.2. The Morgan fingerprint density at radius 2 is 1.92 bits per heavy atom. The molecular weight excluding hydrogens is 366 g/mol. The quantitative estimate of drug-likeness (QED) is 0.717. The van der Waals surface area contributed by atoms with Crippen LogP contribution in [0.25, 0.3) is 0 Å². The van der Waals surface area contributed by atoms with Crippen LogP contribution in [0.4, 0.5) is 5.69 Å². The van der Waals surface area contributed by atoms with Gasteiger partial charge in [-0.25, -0.2) is 0 Å². The van der Waals surface area contributed by atoms with Gasteiger partial charge in [0.25, 0.3) is 5.91 Å². The maximum Gasteiger partial charge on any atom is 0.256 e. The Hall–Kier alpha value is -2.40. The summed E-state index contributed by atoms with van der Waals surface area (Å²) in [6, 6.07) is 13.9. The first-order chi connectivity index (χ1) is 11.5. The second-order valence-corrected chi connectivity index (χ2v) is 6.74. The molecule has 1 aromatic heterocycles. The van der Waals surface area contributed by atoms with E-state index >= 15 is 0 Å². The lowest BCUT2D eigenvalue weighted by atomic mass is 10.1. The van der Waals surface area contributed by atoms with Gasteiger partial charge in [0.2, 0.25) is 0 Å². The van der Waals surface area contributed by atoms with Gasteiger partial charge in [-0.3, -0.25) is 9.48 Å². The number of carbonyl (C=O) groups is 1. The third-order valence-corrected chi connectivity index (χ3v) is 4.30. The summed E-state index contributed by atoms with van der Waals surface area (Å²) in [4.78, 5) is 12.4. The molecule has 4 nitrogen and oxygen atoms in total. The normalized spacial score (nSPS) is 10.6. The summed E-state index contributed by atoms with van der Waals surface area (Å²) in [5.74, 6) is -0.115. The summed E-state index contributed by atoms with van der Waals surface area (Å²) < 4.78 is 2.86. The summed E-state index contributed by atoms with van der Waals surface area (Å²) in [6.45, 7) is 4.62. The Kier molecular flexibility index (Phi) is 4.81. The molecule has 0 spiro atoms. The van der Waals surface area contributed by atoms with E-state index in [4.69, 9.17) is 0 Å². The summed E-state index contributed by atoms with van der Waals surface area (Å²) in [5.41, 5.74) is 4.63. The van der Waals surface area contributed by atoms with Crippen LogP contribution in [0.3, 0.4) is 0 Å². The third kappa shape index (κ3) is 3.92. The monoisotopic (exact) mass is 383 g/mol. The molecule has 0 radical (unpaired) electrons. The number of carbonyl (C=O) groups excluding carboxylic acids is 1. The van der Waals surface area contributed by atoms with Gasteiger partial charge in [0.15, 0.2) is 0 Å². The van der Waals surface area contributed by atoms with Crippen molar-refractivity contribution in [1.29, 1.82) is 0 Å². The zero-order valence-electron chi connectivity index (χ0n) is 13.6. The Labute approximate surface area is 149 Å². The number of hydrogen-bond donors (Lipinski definition) is 1. The largest absolute Gasteiger partial charge is 0.319 e. The van der Waals surface area contributed by atoms with Crippen molar-refractivity contribution in [2.45, 2.75) is 20.4 Å². The molecule has 0 atom stereocenters. The van der Waals surface area contributed by atoms with Crippen LogP contribution in [0.1, 0.15) is 27.0 Å². The minimum atomic E-state index is -0.115. The van der Waals surface area contributed by atoms with E-state index in [0.29, 0.717) is 17.8 Å². The van der Waals surface area contributed by atoms with Gasteiger partial charge in [0.05, 0.1) is 18.4 Å². The number of nitrogens with zero attached hydrogens (tertiary/aromatic N) is 2. The van der Waals surface area contributed by atoms with Crippen molar-refractivity contribution in [3.8, 4) is 0 Å². The van der Waals surface area contributed by atoms with Crippen molar-refractivity contribution < 1.29 is 4.79 Å². The first-order valence-electron chi connectivity index (χ1n) is 7.67. The first kappa shape index (κ1) is 16.5. The highest BCUT2D eigenvalue weighted by Crippen LogP contribution is 2.15. The number of anilines is 1. The molecule has 2 aromatic carbocycles. The van der Waals surface area contributed by atoms with E-state index < -0.39 is 0 Å². The van der Waals surface area contributed by atoms with Gasteiger partial charge in [-0.15, -0.1) is 0 Å². The first-order valence-corrected chi connectivity index (χ1v) is 8.46. The minimum Gasteiger partial charge on any atom is -0.319 e. The van der Waals surface area contributed by atoms with Crippen molar-refractivity contribution in [1.82, 2.24) is 9.78 Å². The highest BCUT2D eigenvalue weighted by atomic mass is 79.9. The highest BCUT2D eigenvalue weighted by molar-refractivity contribution is 9.10. The minimum absolute atomic E-state index is 0.115. The zero-order chi connectivity index (χ0) is 17.1.